The zero-order valence-electron chi connectivity index (χ0n) is 14.4. The van der Waals surface area contributed by atoms with Gasteiger partial charge in [0.25, 0.3) is 0 Å². The lowest BCUT2D eigenvalue weighted by molar-refractivity contribution is -0.149. The van der Waals surface area contributed by atoms with Crippen molar-refractivity contribution >= 4 is 5.97 Å². The number of hydrogen-bond donors (Lipinski definition) is 1. The van der Waals surface area contributed by atoms with Gasteiger partial charge in [-0.15, -0.1) is 0 Å². The molecule has 1 aliphatic rings. The lowest BCUT2D eigenvalue weighted by atomic mass is 9.91. The van der Waals surface area contributed by atoms with Gasteiger partial charge in [0.1, 0.15) is 5.54 Å². The van der Waals surface area contributed by atoms with Crippen LogP contribution in [-0.2, 0) is 14.3 Å². The summed E-state index contributed by atoms with van der Waals surface area (Å²) in [4.78, 5) is 14.6. The third kappa shape index (κ3) is 4.94. The zero-order valence-corrected chi connectivity index (χ0v) is 14.4. The van der Waals surface area contributed by atoms with E-state index in [9.17, 15) is 4.79 Å². The molecular formula is C16H32N2O3. The summed E-state index contributed by atoms with van der Waals surface area (Å²) in [5.74, 6) is -0.184. The first-order valence-electron chi connectivity index (χ1n) is 8.04. The molecule has 0 spiro atoms. The van der Waals surface area contributed by atoms with Crippen LogP contribution < -0.4 is 5.32 Å². The molecule has 4 unspecified atom stereocenters. The van der Waals surface area contributed by atoms with Crippen molar-refractivity contribution in [2.75, 3.05) is 26.8 Å². The average molecular weight is 300 g/mol. The highest BCUT2D eigenvalue weighted by Gasteiger charge is 2.38. The van der Waals surface area contributed by atoms with Gasteiger partial charge in [-0.25, -0.2) is 0 Å². The number of rotatable bonds is 7. The van der Waals surface area contributed by atoms with Crippen LogP contribution in [0.4, 0.5) is 0 Å². The highest BCUT2D eigenvalue weighted by atomic mass is 16.5. The van der Waals surface area contributed by atoms with Crippen LogP contribution >= 0.6 is 0 Å². The second kappa shape index (κ2) is 8.11. The number of nitrogens with zero attached hydrogens (tertiary/aromatic N) is 1. The van der Waals surface area contributed by atoms with Crippen LogP contribution in [0, 0.1) is 0 Å². The molecule has 1 fully saturated rings. The van der Waals surface area contributed by atoms with E-state index < -0.39 is 5.54 Å². The van der Waals surface area contributed by atoms with Crippen molar-refractivity contribution in [1.29, 1.82) is 0 Å². The molecule has 124 valence electrons. The molecule has 1 aliphatic heterocycles. The molecule has 0 aliphatic carbocycles. The van der Waals surface area contributed by atoms with Gasteiger partial charge < -0.3 is 14.8 Å². The van der Waals surface area contributed by atoms with E-state index in [1.165, 1.54) is 7.11 Å². The molecule has 1 saturated heterocycles. The van der Waals surface area contributed by atoms with Gasteiger partial charge >= 0.3 is 5.97 Å². The molecule has 1 heterocycles. The number of methoxy groups -OCH3 is 1. The lowest BCUT2D eigenvalue weighted by Crippen LogP contribution is -2.57. The van der Waals surface area contributed by atoms with Gasteiger partial charge in [0, 0.05) is 18.6 Å². The van der Waals surface area contributed by atoms with Crippen LogP contribution in [0.3, 0.4) is 0 Å². The molecule has 21 heavy (non-hydrogen) atoms. The zero-order chi connectivity index (χ0) is 16.0. The number of esters is 1. The van der Waals surface area contributed by atoms with Crippen LogP contribution in [-0.4, -0.2) is 61.4 Å². The van der Waals surface area contributed by atoms with E-state index >= 15 is 0 Å². The Hall–Kier alpha value is -0.650. The molecular weight excluding hydrogens is 268 g/mol. The van der Waals surface area contributed by atoms with E-state index in [1.807, 2.05) is 6.92 Å². The van der Waals surface area contributed by atoms with Gasteiger partial charge in [0.15, 0.2) is 0 Å². The molecule has 4 atom stereocenters. The van der Waals surface area contributed by atoms with E-state index in [4.69, 9.17) is 9.47 Å². The average Bonchev–Trinajstić information content (AvgIpc) is 2.46. The van der Waals surface area contributed by atoms with Crippen molar-refractivity contribution in [3.63, 3.8) is 0 Å². The third-order valence-corrected chi connectivity index (χ3v) is 4.33. The first kappa shape index (κ1) is 18.4. The summed E-state index contributed by atoms with van der Waals surface area (Å²) in [5, 5.41) is 3.36. The first-order chi connectivity index (χ1) is 9.84. The minimum absolute atomic E-state index is 0.184. The standard InChI is InChI=1S/C16H32N2O3/c1-7-8-17-16(5,15(19)20-6)9-12(2)18-10-14(4)21-11-13(18)3/h12-14,17H,7-11H2,1-6H3. The Balaban J connectivity index is 2.74. The molecule has 0 aromatic carbocycles. The molecule has 0 amide bonds. The highest BCUT2D eigenvalue weighted by molar-refractivity contribution is 5.80. The number of carbonyl (C=O) groups excluding carboxylic acids is 1. The Morgan fingerprint density at radius 3 is 2.76 bits per heavy atom. The van der Waals surface area contributed by atoms with Crippen molar-refractivity contribution < 1.29 is 14.3 Å². The van der Waals surface area contributed by atoms with Crippen LogP contribution in [0.15, 0.2) is 0 Å². The highest BCUT2D eigenvalue weighted by Crippen LogP contribution is 2.22. The molecule has 1 N–H and O–H groups in total. The van der Waals surface area contributed by atoms with Gasteiger partial charge in [0.2, 0.25) is 0 Å². The van der Waals surface area contributed by atoms with E-state index in [1.54, 1.807) is 0 Å². The number of morpholine rings is 1. The number of ether oxygens (including phenoxy) is 2. The van der Waals surface area contributed by atoms with E-state index in [-0.39, 0.29) is 12.1 Å². The minimum Gasteiger partial charge on any atom is -0.468 e. The van der Waals surface area contributed by atoms with Crippen molar-refractivity contribution in [3.05, 3.63) is 0 Å². The number of hydrogen-bond acceptors (Lipinski definition) is 5. The van der Waals surface area contributed by atoms with Crippen molar-refractivity contribution in [2.45, 2.75) is 71.2 Å². The number of carbonyl (C=O) groups is 1. The quantitative estimate of drug-likeness (QED) is 0.727. The van der Waals surface area contributed by atoms with Crippen molar-refractivity contribution in [2.24, 2.45) is 0 Å². The summed E-state index contributed by atoms with van der Waals surface area (Å²) >= 11 is 0. The van der Waals surface area contributed by atoms with Crippen LogP contribution in [0.25, 0.3) is 0 Å². The van der Waals surface area contributed by atoms with Gasteiger partial charge in [-0.1, -0.05) is 6.92 Å². The monoisotopic (exact) mass is 300 g/mol. The molecule has 5 nitrogen and oxygen atoms in total. The smallest absolute Gasteiger partial charge is 0.325 e. The minimum atomic E-state index is -0.633. The van der Waals surface area contributed by atoms with Crippen molar-refractivity contribution in [3.8, 4) is 0 Å². The summed E-state index contributed by atoms with van der Waals surface area (Å²) in [6.07, 6.45) is 1.97. The van der Waals surface area contributed by atoms with Crippen LogP contribution in [0.2, 0.25) is 0 Å². The Bertz CT molecular complexity index is 337. The van der Waals surface area contributed by atoms with E-state index in [0.717, 1.165) is 32.5 Å². The van der Waals surface area contributed by atoms with E-state index in [2.05, 4.69) is 37.9 Å². The lowest BCUT2D eigenvalue weighted by Gasteiger charge is -2.43. The summed E-state index contributed by atoms with van der Waals surface area (Å²) < 4.78 is 10.7. The summed E-state index contributed by atoms with van der Waals surface area (Å²) in [5.41, 5.74) is -0.633. The van der Waals surface area contributed by atoms with Gasteiger partial charge in [-0.3, -0.25) is 9.69 Å². The second-order valence-corrected chi connectivity index (χ2v) is 6.49. The fourth-order valence-corrected chi connectivity index (χ4v) is 3.11. The van der Waals surface area contributed by atoms with Crippen molar-refractivity contribution in [1.82, 2.24) is 10.2 Å². The Labute approximate surface area is 129 Å². The Morgan fingerprint density at radius 1 is 1.52 bits per heavy atom. The summed E-state index contributed by atoms with van der Waals surface area (Å²) in [6, 6.07) is 0.670. The molecule has 0 bridgehead atoms. The van der Waals surface area contributed by atoms with Crippen LogP contribution in [0.5, 0.6) is 0 Å². The topological polar surface area (TPSA) is 50.8 Å². The second-order valence-electron chi connectivity index (χ2n) is 6.49. The largest absolute Gasteiger partial charge is 0.468 e. The maximum Gasteiger partial charge on any atom is 0.325 e. The maximum absolute atomic E-state index is 12.2. The summed E-state index contributed by atoms with van der Waals surface area (Å²) in [7, 11) is 1.46. The fourth-order valence-electron chi connectivity index (χ4n) is 3.11. The molecule has 0 saturated carbocycles. The molecule has 0 radical (unpaired) electrons. The predicted octanol–water partition coefficient (Wildman–Crippen LogP) is 1.81. The SMILES string of the molecule is CCCNC(C)(CC(C)N1CC(C)OCC1C)C(=O)OC. The fraction of sp³-hybridized carbons (Fsp3) is 0.938. The van der Waals surface area contributed by atoms with Gasteiger partial charge in [-0.2, -0.15) is 0 Å². The molecule has 0 aromatic rings. The third-order valence-electron chi connectivity index (χ3n) is 4.33. The number of nitrogens with one attached hydrogen (secondary N) is 1. The molecule has 1 rings (SSSR count). The molecule has 0 aromatic heterocycles. The maximum atomic E-state index is 12.2. The first-order valence-corrected chi connectivity index (χ1v) is 8.04. The Morgan fingerprint density at radius 2 is 2.19 bits per heavy atom. The van der Waals surface area contributed by atoms with Gasteiger partial charge in [0.05, 0.1) is 19.8 Å². The van der Waals surface area contributed by atoms with E-state index in [0.29, 0.717) is 12.1 Å². The molecule has 5 heteroatoms. The van der Waals surface area contributed by atoms with Gasteiger partial charge in [-0.05, 0) is 47.1 Å². The Kier molecular flexibility index (Phi) is 7.10. The predicted molar refractivity (Wildman–Crippen MR) is 84.4 cm³/mol. The summed E-state index contributed by atoms with van der Waals surface area (Å²) in [6.45, 7) is 13.0. The normalized spacial score (nSPS) is 27.9. The van der Waals surface area contributed by atoms with Crippen LogP contribution in [0.1, 0.15) is 47.5 Å².